The van der Waals surface area contributed by atoms with Crippen molar-refractivity contribution in [3.63, 3.8) is 0 Å². The molecule has 0 spiro atoms. The van der Waals surface area contributed by atoms with Gasteiger partial charge in [-0.05, 0) is 12.1 Å². The first-order valence-corrected chi connectivity index (χ1v) is 4.32. The highest BCUT2D eigenvalue weighted by Gasteiger charge is 2.16. The molecule has 0 aliphatic rings. The number of rotatable bonds is 2. The van der Waals surface area contributed by atoms with Crippen LogP contribution in [0.5, 0.6) is 0 Å². The van der Waals surface area contributed by atoms with Gasteiger partial charge >= 0.3 is 11.9 Å². The van der Waals surface area contributed by atoms with Crippen molar-refractivity contribution in [1.82, 2.24) is 5.48 Å². The minimum Gasteiger partial charge on any atom is -0.478 e. The van der Waals surface area contributed by atoms with Gasteiger partial charge in [0.25, 0.3) is 5.91 Å². The summed E-state index contributed by atoms with van der Waals surface area (Å²) < 4.78 is 0. The summed E-state index contributed by atoms with van der Waals surface area (Å²) in [6.07, 6.45) is 0. The molecule has 1 aromatic carbocycles. The standard InChI is InChI=1S/C10H9NO5/c1-6(12)16-11-9(13)7-4-2-3-5-8(7)10(14)15/h2-5H,1H3,(H,11,13)(H,14,15). The lowest BCUT2D eigenvalue weighted by Gasteiger charge is -2.05. The van der Waals surface area contributed by atoms with Crippen LogP contribution in [0.2, 0.25) is 0 Å². The maximum atomic E-state index is 11.4. The van der Waals surface area contributed by atoms with Crippen LogP contribution < -0.4 is 5.48 Å². The van der Waals surface area contributed by atoms with Crippen molar-refractivity contribution in [1.29, 1.82) is 0 Å². The van der Waals surface area contributed by atoms with Gasteiger partial charge in [-0.1, -0.05) is 12.1 Å². The number of carboxylic acid groups (broad SMARTS) is 1. The molecule has 1 amide bonds. The summed E-state index contributed by atoms with van der Waals surface area (Å²) in [5.74, 6) is -2.71. The third kappa shape index (κ3) is 2.81. The van der Waals surface area contributed by atoms with Gasteiger partial charge in [-0.15, -0.1) is 0 Å². The van der Waals surface area contributed by atoms with Crippen LogP contribution in [-0.2, 0) is 9.63 Å². The molecule has 0 fully saturated rings. The van der Waals surface area contributed by atoms with Gasteiger partial charge in [0.1, 0.15) is 0 Å². The summed E-state index contributed by atoms with van der Waals surface area (Å²) in [6.45, 7) is 1.11. The Kier molecular flexibility index (Phi) is 3.60. The molecule has 84 valence electrons. The van der Waals surface area contributed by atoms with E-state index in [0.717, 1.165) is 6.92 Å². The fraction of sp³-hybridized carbons (Fsp3) is 0.100. The Labute approximate surface area is 90.8 Å². The number of hydrogen-bond donors (Lipinski definition) is 2. The predicted octanol–water partition coefficient (Wildman–Crippen LogP) is 0.593. The number of hydrogen-bond acceptors (Lipinski definition) is 4. The molecule has 0 bridgehead atoms. The molecule has 1 rings (SSSR count). The fourth-order valence-corrected chi connectivity index (χ4v) is 1.04. The summed E-state index contributed by atoms with van der Waals surface area (Å²) in [5, 5.41) is 8.80. The van der Waals surface area contributed by atoms with E-state index in [1.807, 2.05) is 5.48 Å². The molecule has 2 N–H and O–H groups in total. The van der Waals surface area contributed by atoms with Gasteiger partial charge in [-0.25, -0.2) is 4.79 Å². The van der Waals surface area contributed by atoms with Crippen LogP contribution in [0.1, 0.15) is 27.6 Å². The van der Waals surface area contributed by atoms with Crippen molar-refractivity contribution in [2.45, 2.75) is 6.92 Å². The molecule has 0 radical (unpaired) electrons. The first kappa shape index (κ1) is 11.7. The lowest BCUT2D eigenvalue weighted by atomic mass is 10.1. The quantitative estimate of drug-likeness (QED) is 0.716. The summed E-state index contributed by atoms with van der Waals surface area (Å²) in [6, 6.07) is 5.61. The highest BCUT2D eigenvalue weighted by atomic mass is 16.7. The molecular weight excluding hydrogens is 214 g/mol. The van der Waals surface area contributed by atoms with Crippen LogP contribution in [0.3, 0.4) is 0 Å². The predicted molar refractivity (Wildman–Crippen MR) is 52.6 cm³/mol. The van der Waals surface area contributed by atoms with Crippen LogP contribution in [0.15, 0.2) is 24.3 Å². The number of nitrogens with one attached hydrogen (secondary N) is 1. The molecule has 0 atom stereocenters. The molecule has 0 saturated heterocycles. The Balaban J connectivity index is 2.90. The van der Waals surface area contributed by atoms with Crippen molar-refractivity contribution in [3.05, 3.63) is 35.4 Å². The van der Waals surface area contributed by atoms with Gasteiger partial charge in [0.2, 0.25) is 0 Å². The van der Waals surface area contributed by atoms with Gasteiger partial charge in [0.15, 0.2) is 0 Å². The summed E-state index contributed by atoms with van der Waals surface area (Å²) in [5.41, 5.74) is 1.61. The summed E-state index contributed by atoms with van der Waals surface area (Å²) in [4.78, 5) is 36.9. The zero-order chi connectivity index (χ0) is 12.1. The minimum absolute atomic E-state index is 0.0729. The molecule has 0 aromatic heterocycles. The zero-order valence-electron chi connectivity index (χ0n) is 8.39. The lowest BCUT2D eigenvalue weighted by Crippen LogP contribution is -2.27. The number of hydroxylamine groups is 1. The van der Waals surface area contributed by atoms with Crippen LogP contribution in [0.4, 0.5) is 0 Å². The fourth-order valence-electron chi connectivity index (χ4n) is 1.04. The summed E-state index contributed by atoms with van der Waals surface area (Å²) >= 11 is 0. The van der Waals surface area contributed by atoms with Crippen molar-refractivity contribution < 1.29 is 24.3 Å². The molecule has 6 nitrogen and oxygen atoms in total. The number of carbonyl (C=O) groups is 3. The van der Waals surface area contributed by atoms with E-state index in [1.165, 1.54) is 24.3 Å². The SMILES string of the molecule is CC(=O)ONC(=O)c1ccccc1C(=O)O. The minimum atomic E-state index is -1.23. The number of aromatic carboxylic acids is 1. The monoisotopic (exact) mass is 223 g/mol. The number of carboxylic acids is 1. The smallest absolute Gasteiger partial charge is 0.336 e. The first-order chi connectivity index (χ1) is 7.52. The van der Waals surface area contributed by atoms with E-state index in [1.54, 1.807) is 0 Å². The molecule has 0 aliphatic carbocycles. The van der Waals surface area contributed by atoms with E-state index in [9.17, 15) is 14.4 Å². The zero-order valence-corrected chi connectivity index (χ0v) is 8.39. The average molecular weight is 223 g/mol. The molecule has 0 heterocycles. The van der Waals surface area contributed by atoms with E-state index in [-0.39, 0.29) is 11.1 Å². The van der Waals surface area contributed by atoms with Crippen LogP contribution in [-0.4, -0.2) is 23.0 Å². The molecule has 0 saturated carbocycles. The Bertz CT molecular complexity index is 441. The third-order valence-electron chi connectivity index (χ3n) is 1.69. The van der Waals surface area contributed by atoms with E-state index in [2.05, 4.69) is 4.84 Å². The molecule has 1 aromatic rings. The van der Waals surface area contributed by atoms with Crippen molar-refractivity contribution in [2.75, 3.05) is 0 Å². The van der Waals surface area contributed by atoms with Crippen molar-refractivity contribution in [3.8, 4) is 0 Å². The van der Waals surface area contributed by atoms with Gasteiger partial charge < -0.3 is 9.94 Å². The topological polar surface area (TPSA) is 92.7 Å². The van der Waals surface area contributed by atoms with E-state index in [0.29, 0.717) is 0 Å². The average Bonchev–Trinajstić information content (AvgIpc) is 2.25. The largest absolute Gasteiger partial charge is 0.478 e. The van der Waals surface area contributed by atoms with E-state index >= 15 is 0 Å². The second-order valence-electron chi connectivity index (χ2n) is 2.88. The molecule has 0 aliphatic heterocycles. The number of benzene rings is 1. The van der Waals surface area contributed by atoms with Crippen LogP contribution in [0, 0.1) is 0 Å². The van der Waals surface area contributed by atoms with Gasteiger partial charge in [-0.3, -0.25) is 9.59 Å². The maximum absolute atomic E-state index is 11.4. The van der Waals surface area contributed by atoms with Crippen molar-refractivity contribution in [2.24, 2.45) is 0 Å². The second kappa shape index (κ2) is 4.92. The Morgan fingerprint density at radius 3 is 2.25 bits per heavy atom. The number of amides is 1. The third-order valence-corrected chi connectivity index (χ3v) is 1.69. The van der Waals surface area contributed by atoms with Gasteiger partial charge in [0.05, 0.1) is 11.1 Å². The van der Waals surface area contributed by atoms with Gasteiger partial charge in [-0.2, -0.15) is 5.48 Å². The summed E-state index contributed by atoms with van der Waals surface area (Å²) in [7, 11) is 0. The Hall–Kier alpha value is -2.37. The number of carbonyl (C=O) groups excluding carboxylic acids is 2. The molecule has 0 unspecified atom stereocenters. The van der Waals surface area contributed by atoms with Gasteiger partial charge in [0, 0.05) is 6.92 Å². The highest BCUT2D eigenvalue weighted by Crippen LogP contribution is 2.08. The first-order valence-electron chi connectivity index (χ1n) is 4.32. The Morgan fingerprint density at radius 2 is 1.75 bits per heavy atom. The molecule has 6 heteroatoms. The highest BCUT2D eigenvalue weighted by molar-refractivity contribution is 6.04. The molecular formula is C10H9NO5. The Morgan fingerprint density at radius 1 is 1.19 bits per heavy atom. The second-order valence-corrected chi connectivity index (χ2v) is 2.88. The van der Waals surface area contributed by atoms with Crippen molar-refractivity contribution >= 4 is 17.8 Å². The normalized spacial score (nSPS) is 9.31. The van der Waals surface area contributed by atoms with E-state index in [4.69, 9.17) is 5.11 Å². The van der Waals surface area contributed by atoms with E-state index < -0.39 is 17.8 Å². The van der Waals surface area contributed by atoms with Crippen LogP contribution in [0.25, 0.3) is 0 Å². The lowest BCUT2D eigenvalue weighted by molar-refractivity contribution is -0.146. The maximum Gasteiger partial charge on any atom is 0.336 e. The molecule has 16 heavy (non-hydrogen) atoms. The van der Waals surface area contributed by atoms with Crippen LogP contribution >= 0.6 is 0 Å².